The molecular weight excluding hydrogens is 301 g/mol. The third-order valence-electron chi connectivity index (χ3n) is 3.78. The number of carbonyl (C=O) groups excluding carboxylic acids is 2. The number of piperidine rings is 1. The molecule has 1 aromatic carbocycles. The second kappa shape index (κ2) is 8.59. The van der Waals surface area contributed by atoms with Crippen molar-refractivity contribution >= 4 is 11.9 Å². The van der Waals surface area contributed by atoms with Gasteiger partial charge in [0.05, 0.1) is 19.3 Å². The predicted octanol–water partition coefficient (Wildman–Crippen LogP) is 1.26. The van der Waals surface area contributed by atoms with Gasteiger partial charge in [0.2, 0.25) is 5.91 Å². The van der Waals surface area contributed by atoms with E-state index in [1.807, 2.05) is 4.90 Å². The summed E-state index contributed by atoms with van der Waals surface area (Å²) in [6, 6.07) is 5.78. The number of urea groups is 1. The van der Waals surface area contributed by atoms with Crippen molar-refractivity contribution in [2.75, 3.05) is 26.7 Å². The van der Waals surface area contributed by atoms with Gasteiger partial charge in [0, 0.05) is 20.1 Å². The monoisotopic (exact) mass is 323 g/mol. The van der Waals surface area contributed by atoms with Crippen molar-refractivity contribution in [3.05, 3.63) is 35.6 Å². The fourth-order valence-electron chi connectivity index (χ4n) is 2.46. The van der Waals surface area contributed by atoms with Gasteiger partial charge in [-0.25, -0.2) is 9.18 Å². The molecule has 0 atom stereocenters. The Hall–Kier alpha value is -1.99. The summed E-state index contributed by atoms with van der Waals surface area (Å²) in [7, 11) is 1.46. The van der Waals surface area contributed by atoms with Crippen LogP contribution in [0.4, 0.5) is 9.18 Å². The lowest BCUT2D eigenvalue weighted by molar-refractivity contribution is -0.121. The molecule has 0 radical (unpaired) electrons. The fourth-order valence-corrected chi connectivity index (χ4v) is 2.46. The molecule has 0 spiro atoms. The molecule has 1 aliphatic heterocycles. The summed E-state index contributed by atoms with van der Waals surface area (Å²) in [5.41, 5.74) is 0.943. The molecule has 1 fully saturated rings. The number of halogens is 1. The first-order chi connectivity index (χ1) is 11.1. The van der Waals surface area contributed by atoms with Gasteiger partial charge in [-0.1, -0.05) is 12.1 Å². The van der Waals surface area contributed by atoms with E-state index >= 15 is 0 Å². The number of nitrogens with one attached hydrogen (secondary N) is 2. The van der Waals surface area contributed by atoms with Crippen LogP contribution in [-0.2, 0) is 16.1 Å². The maximum absolute atomic E-state index is 12.8. The van der Waals surface area contributed by atoms with Crippen LogP contribution >= 0.6 is 0 Å². The van der Waals surface area contributed by atoms with Crippen LogP contribution in [0.15, 0.2) is 24.3 Å². The number of likely N-dealkylation sites (tertiary alicyclic amines) is 1. The molecule has 0 bridgehead atoms. The van der Waals surface area contributed by atoms with Crippen molar-refractivity contribution in [2.45, 2.75) is 25.6 Å². The van der Waals surface area contributed by atoms with E-state index in [1.165, 1.54) is 19.2 Å². The smallest absolute Gasteiger partial charge is 0.321 e. The number of rotatable bonds is 5. The zero-order valence-electron chi connectivity index (χ0n) is 13.2. The molecule has 0 aromatic heterocycles. The third kappa shape index (κ3) is 5.96. The van der Waals surface area contributed by atoms with Crippen molar-refractivity contribution in [3.63, 3.8) is 0 Å². The summed E-state index contributed by atoms with van der Waals surface area (Å²) >= 11 is 0. The van der Waals surface area contributed by atoms with Gasteiger partial charge in [-0.05, 0) is 30.5 Å². The average Bonchev–Trinajstić information content (AvgIpc) is 2.55. The van der Waals surface area contributed by atoms with Crippen molar-refractivity contribution in [1.29, 1.82) is 0 Å². The molecule has 2 rings (SSSR count). The van der Waals surface area contributed by atoms with E-state index in [2.05, 4.69) is 10.6 Å². The van der Waals surface area contributed by atoms with Gasteiger partial charge in [-0.15, -0.1) is 0 Å². The van der Waals surface area contributed by atoms with Gasteiger partial charge >= 0.3 is 6.03 Å². The highest BCUT2D eigenvalue weighted by molar-refractivity contribution is 5.95. The molecule has 1 heterocycles. The lowest BCUT2D eigenvalue weighted by atomic mass is 10.1. The topological polar surface area (TPSA) is 70.7 Å². The molecule has 0 saturated carbocycles. The van der Waals surface area contributed by atoms with E-state index in [1.54, 1.807) is 12.1 Å². The third-order valence-corrected chi connectivity index (χ3v) is 3.78. The normalized spacial score (nSPS) is 16.1. The van der Waals surface area contributed by atoms with E-state index < -0.39 is 6.03 Å². The number of imide groups is 1. The molecule has 1 saturated heterocycles. The SMILES string of the molecule is CNC(=O)NC(=O)CN1CCC(OCc2ccc(F)cc2)CC1. The second-order valence-electron chi connectivity index (χ2n) is 5.54. The lowest BCUT2D eigenvalue weighted by Crippen LogP contribution is -2.46. The summed E-state index contributed by atoms with van der Waals surface area (Å²) < 4.78 is 18.7. The number of nitrogens with zero attached hydrogens (tertiary/aromatic N) is 1. The van der Waals surface area contributed by atoms with Crippen LogP contribution < -0.4 is 10.6 Å². The summed E-state index contributed by atoms with van der Waals surface area (Å²) in [5.74, 6) is -0.563. The first-order valence-electron chi connectivity index (χ1n) is 7.67. The average molecular weight is 323 g/mol. The second-order valence-corrected chi connectivity index (χ2v) is 5.54. The first-order valence-corrected chi connectivity index (χ1v) is 7.67. The minimum absolute atomic E-state index is 0.137. The summed E-state index contributed by atoms with van der Waals surface area (Å²) in [4.78, 5) is 24.7. The van der Waals surface area contributed by atoms with Crippen molar-refractivity contribution in [1.82, 2.24) is 15.5 Å². The van der Waals surface area contributed by atoms with Gasteiger partial charge in [0.15, 0.2) is 0 Å². The minimum Gasteiger partial charge on any atom is -0.373 e. The molecular formula is C16H22FN3O3. The highest BCUT2D eigenvalue weighted by atomic mass is 19.1. The lowest BCUT2D eigenvalue weighted by Gasteiger charge is -2.31. The zero-order valence-corrected chi connectivity index (χ0v) is 13.2. The van der Waals surface area contributed by atoms with Gasteiger partial charge in [0.1, 0.15) is 5.82 Å². The van der Waals surface area contributed by atoms with Gasteiger partial charge in [0.25, 0.3) is 0 Å². The van der Waals surface area contributed by atoms with Gasteiger partial charge in [-0.2, -0.15) is 0 Å². The highest BCUT2D eigenvalue weighted by Gasteiger charge is 2.21. The van der Waals surface area contributed by atoms with Crippen molar-refractivity contribution < 1.29 is 18.7 Å². The van der Waals surface area contributed by atoms with E-state index in [4.69, 9.17) is 4.74 Å². The van der Waals surface area contributed by atoms with E-state index in [-0.39, 0.29) is 24.4 Å². The number of benzene rings is 1. The zero-order chi connectivity index (χ0) is 16.7. The number of hydrogen-bond acceptors (Lipinski definition) is 4. The van der Waals surface area contributed by atoms with E-state index in [0.29, 0.717) is 6.61 Å². The molecule has 3 amide bonds. The summed E-state index contributed by atoms with van der Waals surface area (Å²) in [6.45, 7) is 2.16. The molecule has 23 heavy (non-hydrogen) atoms. The Balaban J connectivity index is 1.66. The predicted molar refractivity (Wildman–Crippen MR) is 83.2 cm³/mol. The number of amides is 3. The van der Waals surface area contributed by atoms with Crippen LogP contribution in [-0.4, -0.2) is 49.6 Å². The van der Waals surface area contributed by atoms with Gasteiger partial charge < -0.3 is 10.1 Å². The Kier molecular flexibility index (Phi) is 6.49. The van der Waals surface area contributed by atoms with E-state index in [0.717, 1.165) is 31.5 Å². The molecule has 0 aliphatic carbocycles. The van der Waals surface area contributed by atoms with Crippen molar-refractivity contribution in [2.24, 2.45) is 0 Å². The van der Waals surface area contributed by atoms with E-state index in [9.17, 15) is 14.0 Å². The quantitative estimate of drug-likeness (QED) is 0.856. The fraction of sp³-hybridized carbons (Fsp3) is 0.500. The standard InChI is InChI=1S/C16H22FN3O3/c1-18-16(22)19-15(21)10-20-8-6-14(7-9-20)23-11-12-2-4-13(17)5-3-12/h2-5,14H,6-11H2,1H3,(H2,18,19,21,22). The number of carbonyl (C=O) groups is 2. The molecule has 2 N–H and O–H groups in total. The van der Waals surface area contributed by atoms with Crippen LogP contribution in [0, 0.1) is 5.82 Å². The molecule has 126 valence electrons. The summed E-state index contributed by atoms with van der Waals surface area (Å²) in [6.07, 6.45) is 1.79. The molecule has 1 aliphatic rings. The Labute approximate surface area is 135 Å². The van der Waals surface area contributed by atoms with Crippen LogP contribution in [0.3, 0.4) is 0 Å². The van der Waals surface area contributed by atoms with Gasteiger partial charge in [-0.3, -0.25) is 15.0 Å². The molecule has 1 aromatic rings. The first kappa shape index (κ1) is 17.4. The van der Waals surface area contributed by atoms with Crippen molar-refractivity contribution in [3.8, 4) is 0 Å². The minimum atomic E-state index is -0.493. The van der Waals surface area contributed by atoms with Crippen LogP contribution in [0.5, 0.6) is 0 Å². The maximum Gasteiger partial charge on any atom is 0.321 e. The molecule has 0 unspecified atom stereocenters. The van der Waals surface area contributed by atoms with Crippen LogP contribution in [0.2, 0.25) is 0 Å². The Morgan fingerprint density at radius 1 is 1.26 bits per heavy atom. The molecule has 6 nitrogen and oxygen atoms in total. The largest absolute Gasteiger partial charge is 0.373 e. The Morgan fingerprint density at radius 3 is 2.52 bits per heavy atom. The Bertz CT molecular complexity index is 528. The summed E-state index contributed by atoms with van der Waals surface area (Å²) in [5, 5.41) is 4.59. The highest BCUT2D eigenvalue weighted by Crippen LogP contribution is 2.15. The number of ether oxygens (including phenoxy) is 1. The molecule has 7 heteroatoms. The maximum atomic E-state index is 12.8. The number of hydrogen-bond donors (Lipinski definition) is 2. The van der Waals surface area contributed by atoms with Crippen LogP contribution in [0.1, 0.15) is 18.4 Å². The van der Waals surface area contributed by atoms with Crippen LogP contribution in [0.25, 0.3) is 0 Å². The Morgan fingerprint density at radius 2 is 1.91 bits per heavy atom.